The number of hydrogen-bond donors (Lipinski definition) is 1. The number of esters is 1. The fourth-order valence-corrected chi connectivity index (χ4v) is 0.321. The third kappa shape index (κ3) is 3.57. The zero-order valence-electron chi connectivity index (χ0n) is 6.23. The minimum Gasteiger partial charge on any atom is -0.546 e. The quantitative estimate of drug-likeness (QED) is 0.486. The summed E-state index contributed by atoms with van der Waals surface area (Å²) in [5.74, 6) is -2.46. The second-order valence-corrected chi connectivity index (χ2v) is 2.07. The third-order valence-electron chi connectivity index (χ3n) is 0.966. The predicted octanol–water partition coefficient (Wildman–Crippen LogP) is -1.95. The number of aliphatic hydroxyl groups excluding tert-OH is 1. The smallest absolute Gasteiger partial charge is 0.335 e. The van der Waals surface area contributed by atoms with Crippen LogP contribution in [0.4, 0.5) is 0 Å². The molecular formula is C6H9O5-. The van der Waals surface area contributed by atoms with Crippen LogP contribution >= 0.6 is 0 Å². The van der Waals surface area contributed by atoms with Crippen LogP contribution in [0.1, 0.15) is 13.8 Å². The molecule has 0 saturated carbocycles. The lowest BCUT2D eigenvalue weighted by Crippen LogP contribution is -2.38. The molecule has 1 N–H and O–H groups in total. The number of ether oxygens (including phenoxy) is 1. The van der Waals surface area contributed by atoms with Crippen molar-refractivity contribution < 1.29 is 24.5 Å². The molecule has 0 radical (unpaired) electrons. The Balaban J connectivity index is 3.85. The van der Waals surface area contributed by atoms with E-state index in [2.05, 4.69) is 4.74 Å². The van der Waals surface area contributed by atoms with Crippen LogP contribution in [0.25, 0.3) is 0 Å². The van der Waals surface area contributed by atoms with E-state index in [-0.39, 0.29) is 0 Å². The molecule has 0 spiro atoms. The maximum atomic E-state index is 10.5. The number of aliphatic carboxylic acids is 1. The Hall–Kier alpha value is -1.10. The Morgan fingerprint density at radius 3 is 2.18 bits per heavy atom. The minimum atomic E-state index is -1.49. The summed E-state index contributed by atoms with van der Waals surface area (Å²) in [6.45, 7) is 2.33. The molecule has 2 unspecified atom stereocenters. The van der Waals surface area contributed by atoms with Crippen LogP contribution < -0.4 is 5.11 Å². The largest absolute Gasteiger partial charge is 0.546 e. The van der Waals surface area contributed by atoms with E-state index in [4.69, 9.17) is 5.11 Å². The molecule has 0 aliphatic heterocycles. The number of carboxylic acids is 1. The van der Waals surface area contributed by atoms with Crippen LogP contribution in [0.15, 0.2) is 0 Å². The summed E-state index contributed by atoms with van der Waals surface area (Å²) < 4.78 is 4.22. The van der Waals surface area contributed by atoms with Gasteiger partial charge in [-0.1, -0.05) is 0 Å². The Morgan fingerprint density at radius 2 is 1.91 bits per heavy atom. The van der Waals surface area contributed by atoms with Gasteiger partial charge in [-0.05, 0) is 13.8 Å². The summed E-state index contributed by atoms with van der Waals surface area (Å²) in [5, 5.41) is 18.6. The van der Waals surface area contributed by atoms with Crippen LogP contribution in [0.2, 0.25) is 0 Å². The maximum Gasteiger partial charge on any atom is 0.335 e. The topological polar surface area (TPSA) is 86.7 Å². The van der Waals surface area contributed by atoms with E-state index in [9.17, 15) is 14.7 Å². The summed E-state index contributed by atoms with van der Waals surface area (Å²) in [4.78, 5) is 20.5. The van der Waals surface area contributed by atoms with Crippen molar-refractivity contribution in [1.82, 2.24) is 0 Å². The molecule has 0 bridgehead atoms. The number of rotatable bonds is 3. The Morgan fingerprint density at radius 1 is 1.45 bits per heavy atom. The number of carboxylic acid groups (broad SMARTS) is 1. The molecule has 2 atom stereocenters. The highest BCUT2D eigenvalue weighted by Crippen LogP contribution is 1.93. The van der Waals surface area contributed by atoms with Crippen molar-refractivity contribution in [3.8, 4) is 0 Å². The second-order valence-electron chi connectivity index (χ2n) is 2.07. The van der Waals surface area contributed by atoms with Crippen molar-refractivity contribution in [2.24, 2.45) is 0 Å². The molecular weight excluding hydrogens is 152 g/mol. The summed E-state index contributed by atoms with van der Waals surface area (Å²) in [6.07, 6.45) is -2.63. The van der Waals surface area contributed by atoms with Crippen LogP contribution in [-0.2, 0) is 14.3 Å². The second kappa shape index (κ2) is 3.92. The van der Waals surface area contributed by atoms with Gasteiger partial charge in [0, 0.05) is 0 Å². The summed E-state index contributed by atoms with van der Waals surface area (Å²) in [7, 11) is 0. The van der Waals surface area contributed by atoms with Crippen LogP contribution in [0.5, 0.6) is 0 Å². The van der Waals surface area contributed by atoms with E-state index in [0.717, 1.165) is 6.92 Å². The molecule has 0 amide bonds. The lowest BCUT2D eigenvalue weighted by molar-refractivity contribution is -0.315. The predicted molar refractivity (Wildman–Crippen MR) is 32.2 cm³/mol. The fraction of sp³-hybridized carbons (Fsp3) is 0.667. The van der Waals surface area contributed by atoms with Crippen molar-refractivity contribution in [2.75, 3.05) is 0 Å². The van der Waals surface area contributed by atoms with Gasteiger partial charge in [0.25, 0.3) is 0 Å². The van der Waals surface area contributed by atoms with E-state index in [1.54, 1.807) is 0 Å². The zero-order valence-corrected chi connectivity index (χ0v) is 6.23. The van der Waals surface area contributed by atoms with Crippen molar-refractivity contribution in [3.05, 3.63) is 0 Å². The van der Waals surface area contributed by atoms with Gasteiger partial charge in [0.2, 0.25) is 0 Å². The molecule has 64 valence electrons. The zero-order chi connectivity index (χ0) is 9.02. The highest BCUT2D eigenvalue weighted by atomic mass is 16.6. The maximum absolute atomic E-state index is 10.5. The standard InChI is InChI=1S/C6H10O5/c1-3(7)6(10)11-4(2)5(8)9/h3-4,7H,1-2H3,(H,8,9)/p-1. The average molecular weight is 161 g/mol. The minimum absolute atomic E-state index is 0.971. The first kappa shape index (κ1) is 9.90. The SMILES string of the molecule is CC(O)C(=O)OC(C)C(=O)[O-]. The number of aliphatic hydroxyl groups is 1. The molecule has 0 aromatic rings. The first-order chi connectivity index (χ1) is 4.95. The van der Waals surface area contributed by atoms with Gasteiger partial charge >= 0.3 is 5.97 Å². The van der Waals surface area contributed by atoms with Crippen molar-refractivity contribution in [2.45, 2.75) is 26.1 Å². The number of carbonyl (C=O) groups excluding carboxylic acids is 2. The third-order valence-corrected chi connectivity index (χ3v) is 0.966. The van der Waals surface area contributed by atoms with Gasteiger partial charge < -0.3 is 19.7 Å². The Labute approximate surface area is 63.6 Å². The number of hydrogen-bond acceptors (Lipinski definition) is 5. The molecule has 0 heterocycles. The molecule has 0 fully saturated rings. The van der Waals surface area contributed by atoms with E-state index >= 15 is 0 Å². The summed E-state index contributed by atoms with van der Waals surface area (Å²) in [6, 6.07) is 0. The van der Waals surface area contributed by atoms with E-state index < -0.39 is 24.1 Å². The monoisotopic (exact) mass is 161 g/mol. The summed E-state index contributed by atoms with van der Waals surface area (Å²) in [5.41, 5.74) is 0. The molecule has 11 heavy (non-hydrogen) atoms. The van der Waals surface area contributed by atoms with E-state index in [0.29, 0.717) is 0 Å². The number of carbonyl (C=O) groups is 2. The average Bonchev–Trinajstić information content (AvgIpc) is 1.87. The highest BCUT2D eigenvalue weighted by molar-refractivity contribution is 5.78. The van der Waals surface area contributed by atoms with Crippen molar-refractivity contribution >= 4 is 11.9 Å². The fourth-order valence-electron chi connectivity index (χ4n) is 0.321. The van der Waals surface area contributed by atoms with Gasteiger partial charge in [0.15, 0.2) is 0 Å². The molecule has 0 aliphatic rings. The molecule has 5 heteroatoms. The normalized spacial score (nSPS) is 15.2. The van der Waals surface area contributed by atoms with Crippen LogP contribution in [0, 0.1) is 0 Å². The molecule has 0 rings (SSSR count). The van der Waals surface area contributed by atoms with Gasteiger partial charge in [0.1, 0.15) is 12.2 Å². The molecule has 0 aromatic carbocycles. The molecule has 0 aromatic heterocycles. The first-order valence-corrected chi connectivity index (χ1v) is 3.04. The Kier molecular flexibility index (Phi) is 3.53. The lowest BCUT2D eigenvalue weighted by atomic mass is 10.4. The molecule has 0 saturated heterocycles. The van der Waals surface area contributed by atoms with Gasteiger partial charge in [-0.3, -0.25) is 0 Å². The van der Waals surface area contributed by atoms with Gasteiger partial charge in [-0.2, -0.15) is 0 Å². The van der Waals surface area contributed by atoms with Crippen molar-refractivity contribution in [3.63, 3.8) is 0 Å². The molecule has 0 aliphatic carbocycles. The summed E-state index contributed by atoms with van der Waals surface area (Å²) >= 11 is 0. The Bertz CT molecular complexity index is 162. The first-order valence-electron chi connectivity index (χ1n) is 3.04. The van der Waals surface area contributed by atoms with Gasteiger partial charge in [0.05, 0.1) is 5.97 Å². The van der Waals surface area contributed by atoms with E-state index in [1.807, 2.05) is 0 Å². The van der Waals surface area contributed by atoms with Crippen LogP contribution in [-0.4, -0.2) is 29.3 Å². The van der Waals surface area contributed by atoms with Gasteiger partial charge in [-0.25, -0.2) is 4.79 Å². The lowest BCUT2D eigenvalue weighted by Gasteiger charge is -2.14. The highest BCUT2D eigenvalue weighted by Gasteiger charge is 2.14. The van der Waals surface area contributed by atoms with Crippen molar-refractivity contribution in [1.29, 1.82) is 0 Å². The van der Waals surface area contributed by atoms with E-state index in [1.165, 1.54) is 6.92 Å². The van der Waals surface area contributed by atoms with Gasteiger partial charge in [-0.15, -0.1) is 0 Å². The van der Waals surface area contributed by atoms with Crippen LogP contribution in [0.3, 0.4) is 0 Å². The molecule has 5 nitrogen and oxygen atoms in total.